The van der Waals surface area contributed by atoms with E-state index in [1.165, 1.54) is 44.9 Å². The normalized spacial score (nSPS) is 13.6. The smallest absolute Gasteiger partial charge is 0.0386 e. The molecule has 0 N–H and O–H groups in total. The van der Waals surface area contributed by atoms with Crippen molar-refractivity contribution < 1.29 is 0 Å². The fourth-order valence-corrected chi connectivity index (χ4v) is 0.780. The van der Waals surface area contributed by atoms with Crippen LogP contribution in [0.1, 0.15) is 58.3 Å². The predicted octanol–water partition coefficient (Wildman–Crippen LogP) is 4.17. The molecule has 0 nitrogen and oxygen atoms in total. The molecular formula is C11H22. The highest BCUT2D eigenvalue weighted by atomic mass is 14.0. The summed E-state index contributed by atoms with van der Waals surface area (Å²) in [6.07, 6.45) is 13.0. The SMILES string of the molecule is [CH2]CCCCCCC.[CH]1CC1. The molecule has 1 aliphatic rings. The first kappa shape index (κ1) is 11.0. The Kier molecular flexibility index (Phi) is 10.0. The highest BCUT2D eigenvalue weighted by Gasteiger charge is 1.95. The van der Waals surface area contributed by atoms with Crippen LogP contribution in [-0.4, -0.2) is 0 Å². The second kappa shape index (κ2) is 10.0. The predicted molar refractivity (Wildman–Crippen MR) is 52.3 cm³/mol. The van der Waals surface area contributed by atoms with E-state index < -0.39 is 0 Å². The van der Waals surface area contributed by atoms with Crippen LogP contribution in [0.15, 0.2) is 0 Å². The van der Waals surface area contributed by atoms with Crippen molar-refractivity contribution in [3.8, 4) is 0 Å². The Labute approximate surface area is 72.4 Å². The molecule has 0 aliphatic heterocycles. The zero-order valence-electron chi connectivity index (χ0n) is 7.94. The van der Waals surface area contributed by atoms with Crippen molar-refractivity contribution >= 4 is 0 Å². The van der Waals surface area contributed by atoms with Crippen molar-refractivity contribution in [3.63, 3.8) is 0 Å². The maximum Gasteiger partial charge on any atom is -0.0386 e. The topological polar surface area (TPSA) is 0 Å². The van der Waals surface area contributed by atoms with Gasteiger partial charge in [-0.1, -0.05) is 52.4 Å². The molecule has 0 amide bonds. The average molecular weight is 154 g/mol. The van der Waals surface area contributed by atoms with Crippen molar-refractivity contribution in [2.45, 2.75) is 58.3 Å². The first-order valence-electron chi connectivity index (χ1n) is 5.02. The molecule has 0 heterocycles. The second-order valence-corrected chi connectivity index (χ2v) is 3.13. The molecule has 0 bridgehead atoms. The summed E-state index contributed by atoms with van der Waals surface area (Å²) >= 11 is 0. The minimum atomic E-state index is 1.11. The van der Waals surface area contributed by atoms with Crippen LogP contribution in [0.5, 0.6) is 0 Å². The molecule has 1 saturated carbocycles. The molecule has 0 saturated heterocycles. The molecule has 0 atom stereocenters. The Balaban J connectivity index is 0.000000271. The van der Waals surface area contributed by atoms with E-state index in [-0.39, 0.29) is 0 Å². The summed E-state index contributed by atoms with van der Waals surface area (Å²) in [5, 5.41) is 0. The molecule has 11 heavy (non-hydrogen) atoms. The van der Waals surface area contributed by atoms with Crippen LogP contribution in [0, 0.1) is 13.3 Å². The summed E-state index contributed by atoms with van der Waals surface area (Å²) in [5.41, 5.74) is 0. The monoisotopic (exact) mass is 154 g/mol. The minimum Gasteiger partial charge on any atom is -0.0654 e. The Bertz CT molecular complexity index is 46.3. The van der Waals surface area contributed by atoms with Gasteiger partial charge in [-0.05, 0) is 19.3 Å². The van der Waals surface area contributed by atoms with Crippen LogP contribution >= 0.6 is 0 Å². The molecule has 0 spiro atoms. The van der Waals surface area contributed by atoms with Gasteiger partial charge in [0.2, 0.25) is 0 Å². The third-order valence-corrected chi connectivity index (χ3v) is 1.64. The lowest BCUT2D eigenvalue weighted by molar-refractivity contribution is 0.637. The third-order valence-electron chi connectivity index (χ3n) is 1.64. The quantitative estimate of drug-likeness (QED) is 0.521. The zero-order valence-corrected chi connectivity index (χ0v) is 7.94. The van der Waals surface area contributed by atoms with Crippen molar-refractivity contribution in [1.29, 1.82) is 0 Å². The summed E-state index contributed by atoms with van der Waals surface area (Å²) < 4.78 is 0. The number of hydrogen-bond acceptors (Lipinski definition) is 0. The standard InChI is InChI=1S/C8H17.C3H5/c1-3-5-7-8-6-4-2;1-2-3-1/h1,3-8H2,2H3;1H,2-3H2. The first-order chi connectivity index (χ1) is 5.41. The largest absolute Gasteiger partial charge is 0.0654 e. The van der Waals surface area contributed by atoms with E-state index in [1.807, 2.05) is 0 Å². The molecule has 1 fully saturated rings. The highest BCUT2D eigenvalue weighted by molar-refractivity contribution is 4.79. The van der Waals surface area contributed by atoms with Crippen LogP contribution in [0.2, 0.25) is 0 Å². The Morgan fingerprint density at radius 3 is 2.00 bits per heavy atom. The van der Waals surface area contributed by atoms with Gasteiger partial charge in [0.05, 0.1) is 0 Å². The van der Waals surface area contributed by atoms with Gasteiger partial charge < -0.3 is 0 Å². The second-order valence-electron chi connectivity index (χ2n) is 3.13. The van der Waals surface area contributed by atoms with Gasteiger partial charge in [0.15, 0.2) is 0 Å². The van der Waals surface area contributed by atoms with Crippen molar-refractivity contribution in [3.05, 3.63) is 13.3 Å². The van der Waals surface area contributed by atoms with Crippen LogP contribution in [0.3, 0.4) is 0 Å². The fraction of sp³-hybridized carbons (Fsp3) is 0.818. The summed E-state index contributed by atoms with van der Waals surface area (Å²) in [5.74, 6) is 0. The van der Waals surface area contributed by atoms with Crippen LogP contribution < -0.4 is 0 Å². The van der Waals surface area contributed by atoms with Crippen molar-refractivity contribution in [2.24, 2.45) is 0 Å². The van der Waals surface area contributed by atoms with Gasteiger partial charge in [0.25, 0.3) is 0 Å². The molecule has 2 radical (unpaired) electrons. The molecule has 0 aromatic heterocycles. The average Bonchev–Trinajstić information content (AvgIpc) is 2.84. The Morgan fingerprint density at radius 2 is 1.64 bits per heavy atom. The van der Waals surface area contributed by atoms with E-state index in [9.17, 15) is 0 Å². The maximum absolute atomic E-state index is 3.78. The van der Waals surface area contributed by atoms with E-state index >= 15 is 0 Å². The van der Waals surface area contributed by atoms with Gasteiger partial charge in [-0.15, -0.1) is 0 Å². The lowest BCUT2D eigenvalue weighted by atomic mass is 10.1. The molecule has 0 unspecified atom stereocenters. The van der Waals surface area contributed by atoms with Crippen LogP contribution in [0.25, 0.3) is 0 Å². The molecule has 1 aliphatic carbocycles. The summed E-state index contributed by atoms with van der Waals surface area (Å²) in [7, 11) is 0. The van der Waals surface area contributed by atoms with Gasteiger partial charge >= 0.3 is 0 Å². The van der Waals surface area contributed by atoms with E-state index in [0.29, 0.717) is 0 Å². The van der Waals surface area contributed by atoms with E-state index in [0.717, 1.165) is 6.42 Å². The lowest BCUT2D eigenvalue weighted by Crippen LogP contribution is -1.74. The first-order valence-corrected chi connectivity index (χ1v) is 5.02. The van der Waals surface area contributed by atoms with E-state index in [4.69, 9.17) is 0 Å². The Hall–Kier alpha value is 0. The van der Waals surface area contributed by atoms with Crippen molar-refractivity contribution in [1.82, 2.24) is 0 Å². The Morgan fingerprint density at radius 1 is 1.09 bits per heavy atom. The number of rotatable bonds is 5. The lowest BCUT2D eigenvalue weighted by Gasteiger charge is -1.93. The summed E-state index contributed by atoms with van der Waals surface area (Å²) in [6, 6.07) is 0. The van der Waals surface area contributed by atoms with Crippen LogP contribution in [-0.2, 0) is 0 Å². The van der Waals surface area contributed by atoms with Crippen molar-refractivity contribution in [2.75, 3.05) is 0 Å². The summed E-state index contributed by atoms with van der Waals surface area (Å²) in [4.78, 5) is 0. The van der Waals surface area contributed by atoms with Gasteiger partial charge in [-0.2, -0.15) is 0 Å². The fourth-order valence-electron chi connectivity index (χ4n) is 0.780. The molecule has 0 heteroatoms. The number of unbranched alkanes of at least 4 members (excludes halogenated alkanes) is 5. The maximum atomic E-state index is 3.78. The van der Waals surface area contributed by atoms with Gasteiger partial charge in [0, 0.05) is 0 Å². The minimum absolute atomic E-state index is 1.11. The van der Waals surface area contributed by atoms with Crippen LogP contribution in [0.4, 0.5) is 0 Å². The molecule has 1 rings (SSSR count). The zero-order chi connectivity index (χ0) is 8.36. The van der Waals surface area contributed by atoms with E-state index in [2.05, 4.69) is 20.3 Å². The van der Waals surface area contributed by atoms with Gasteiger partial charge in [0.1, 0.15) is 0 Å². The molecule has 0 aromatic rings. The summed E-state index contributed by atoms with van der Waals surface area (Å²) in [6.45, 7) is 6.02. The number of hydrogen-bond donors (Lipinski definition) is 0. The van der Waals surface area contributed by atoms with Gasteiger partial charge in [-0.3, -0.25) is 0 Å². The molecule has 0 aromatic carbocycles. The van der Waals surface area contributed by atoms with Gasteiger partial charge in [-0.25, -0.2) is 0 Å². The third kappa shape index (κ3) is 17.8. The highest BCUT2D eigenvalue weighted by Crippen LogP contribution is 2.12. The molecule has 66 valence electrons. The molecular weight excluding hydrogens is 132 g/mol. The van der Waals surface area contributed by atoms with E-state index in [1.54, 1.807) is 0 Å².